The Morgan fingerprint density at radius 1 is 1.10 bits per heavy atom. The molecule has 1 heterocycles. The molecule has 21 heavy (non-hydrogen) atoms. The predicted octanol–water partition coefficient (Wildman–Crippen LogP) is 2.52. The molecule has 1 N–H and O–H groups in total. The van der Waals surface area contributed by atoms with Crippen LogP contribution in [0.3, 0.4) is 0 Å². The van der Waals surface area contributed by atoms with Crippen LogP contribution < -0.4 is 5.32 Å². The normalized spacial score (nSPS) is 24.5. The Morgan fingerprint density at radius 3 is 2.43 bits per heavy atom. The topological polar surface area (TPSA) is 32.3 Å². The molecule has 1 aromatic rings. The number of hydrogen-bond acceptors (Lipinski definition) is 2. The number of amides is 1. The number of nitrogens with zero attached hydrogens (tertiary/aromatic N) is 1. The van der Waals surface area contributed by atoms with E-state index in [9.17, 15) is 4.79 Å². The van der Waals surface area contributed by atoms with Crippen molar-refractivity contribution in [2.45, 2.75) is 38.1 Å². The van der Waals surface area contributed by atoms with E-state index in [1.807, 2.05) is 0 Å². The molecule has 0 bridgehead atoms. The summed E-state index contributed by atoms with van der Waals surface area (Å²) in [5.41, 5.74) is 2.54. The van der Waals surface area contributed by atoms with Crippen molar-refractivity contribution in [3.05, 3.63) is 35.4 Å². The lowest BCUT2D eigenvalue weighted by atomic mass is 9.93. The lowest BCUT2D eigenvalue weighted by molar-refractivity contribution is -0.134. The molecule has 0 radical (unpaired) electrons. The molecule has 112 valence electrons. The molecule has 1 amide bonds. The van der Waals surface area contributed by atoms with Crippen LogP contribution in [0.4, 0.5) is 0 Å². The molecule has 3 heteroatoms. The third-order valence-electron chi connectivity index (χ3n) is 5.02. The van der Waals surface area contributed by atoms with E-state index in [1.165, 1.54) is 36.8 Å². The summed E-state index contributed by atoms with van der Waals surface area (Å²) in [7, 11) is 0. The van der Waals surface area contributed by atoms with Gasteiger partial charge in [-0.15, -0.1) is 0 Å². The number of benzene rings is 1. The molecule has 0 aromatic heterocycles. The van der Waals surface area contributed by atoms with Gasteiger partial charge in [-0.1, -0.05) is 24.3 Å². The molecule has 3 nitrogen and oxygen atoms in total. The molecule has 0 spiro atoms. The highest BCUT2D eigenvalue weighted by Crippen LogP contribution is 2.35. The zero-order valence-corrected chi connectivity index (χ0v) is 12.6. The molecule has 2 saturated carbocycles. The summed E-state index contributed by atoms with van der Waals surface area (Å²) in [6.07, 6.45) is 6.27. The van der Waals surface area contributed by atoms with Gasteiger partial charge in [0.1, 0.15) is 6.04 Å². The Labute approximate surface area is 126 Å². The minimum atomic E-state index is -0.118. The fourth-order valence-electron chi connectivity index (χ4n) is 3.39. The molecule has 1 atom stereocenters. The minimum absolute atomic E-state index is 0.118. The molecule has 0 saturated heterocycles. The van der Waals surface area contributed by atoms with Gasteiger partial charge in [-0.2, -0.15) is 0 Å². The van der Waals surface area contributed by atoms with Crippen LogP contribution in [0.5, 0.6) is 0 Å². The second kappa shape index (κ2) is 5.45. The van der Waals surface area contributed by atoms with Crippen LogP contribution in [0.1, 0.15) is 42.9 Å². The Kier molecular flexibility index (Phi) is 3.46. The van der Waals surface area contributed by atoms with Crippen LogP contribution in [0, 0.1) is 11.8 Å². The van der Waals surface area contributed by atoms with Gasteiger partial charge in [0.2, 0.25) is 5.91 Å². The molecule has 1 unspecified atom stereocenters. The Bertz CT molecular complexity index is 520. The van der Waals surface area contributed by atoms with Gasteiger partial charge in [-0.25, -0.2) is 0 Å². The van der Waals surface area contributed by atoms with Crippen molar-refractivity contribution in [3.8, 4) is 0 Å². The van der Waals surface area contributed by atoms with Gasteiger partial charge in [-0.05, 0) is 55.1 Å². The van der Waals surface area contributed by atoms with Crippen molar-refractivity contribution in [1.29, 1.82) is 0 Å². The average Bonchev–Trinajstić information content (AvgIpc) is 3.41. The number of hydrogen-bond donors (Lipinski definition) is 1. The first kappa shape index (κ1) is 13.3. The predicted molar refractivity (Wildman–Crippen MR) is 82.9 cm³/mol. The Balaban J connectivity index is 1.54. The van der Waals surface area contributed by atoms with Crippen molar-refractivity contribution in [2.75, 3.05) is 19.6 Å². The summed E-state index contributed by atoms with van der Waals surface area (Å²) in [4.78, 5) is 15.2. The quantitative estimate of drug-likeness (QED) is 0.901. The maximum absolute atomic E-state index is 13.1. The van der Waals surface area contributed by atoms with Crippen LogP contribution in [-0.2, 0) is 11.2 Å². The van der Waals surface area contributed by atoms with Crippen molar-refractivity contribution >= 4 is 5.91 Å². The van der Waals surface area contributed by atoms with Crippen molar-refractivity contribution in [3.63, 3.8) is 0 Å². The number of carbonyl (C=O) groups is 1. The van der Waals surface area contributed by atoms with Gasteiger partial charge < -0.3 is 10.2 Å². The lowest BCUT2D eigenvalue weighted by Gasteiger charge is -2.32. The second-order valence-corrected chi connectivity index (χ2v) is 6.97. The molecule has 2 fully saturated rings. The molecular formula is C18H24N2O. The maximum atomic E-state index is 13.1. The number of fused-ring (bicyclic) bond motifs is 1. The first-order valence-electron chi connectivity index (χ1n) is 8.41. The Hall–Kier alpha value is -1.35. The average molecular weight is 284 g/mol. The monoisotopic (exact) mass is 284 g/mol. The smallest absolute Gasteiger partial charge is 0.244 e. The SMILES string of the molecule is O=C(C1NCCc2ccccc21)N(CC1CC1)CC1CC1. The number of nitrogens with one attached hydrogen (secondary N) is 1. The summed E-state index contributed by atoms with van der Waals surface area (Å²) >= 11 is 0. The number of rotatable bonds is 5. The fourth-order valence-corrected chi connectivity index (χ4v) is 3.39. The van der Waals surface area contributed by atoms with Gasteiger partial charge in [0.15, 0.2) is 0 Å². The van der Waals surface area contributed by atoms with E-state index in [-0.39, 0.29) is 6.04 Å². The third kappa shape index (κ3) is 2.98. The van der Waals surface area contributed by atoms with Crippen molar-refractivity contribution in [1.82, 2.24) is 10.2 Å². The second-order valence-electron chi connectivity index (χ2n) is 6.97. The van der Waals surface area contributed by atoms with Gasteiger partial charge in [0.25, 0.3) is 0 Å². The lowest BCUT2D eigenvalue weighted by Crippen LogP contribution is -2.45. The van der Waals surface area contributed by atoms with Gasteiger partial charge >= 0.3 is 0 Å². The highest BCUT2D eigenvalue weighted by Gasteiger charge is 2.35. The van der Waals surface area contributed by atoms with E-state index in [1.54, 1.807) is 0 Å². The minimum Gasteiger partial charge on any atom is -0.340 e. The zero-order valence-electron chi connectivity index (χ0n) is 12.6. The molecule has 1 aliphatic heterocycles. The summed E-state index contributed by atoms with van der Waals surface area (Å²) in [5, 5.41) is 3.45. The van der Waals surface area contributed by atoms with Gasteiger partial charge in [0.05, 0.1) is 0 Å². The largest absolute Gasteiger partial charge is 0.340 e. The highest BCUT2D eigenvalue weighted by atomic mass is 16.2. The van der Waals surface area contributed by atoms with Crippen molar-refractivity contribution in [2.24, 2.45) is 11.8 Å². The maximum Gasteiger partial charge on any atom is 0.244 e. The standard InChI is InChI=1S/C18H24N2O/c21-18(20(11-13-5-6-13)12-14-7-8-14)17-16-4-2-1-3-15(16)9-10-19-17/h1-4,13-14,17,19H,5-12H2. The zero-order chi connectivity index (χ0) is 14.2. The summed E-state index contributed by atoms with van der Waals surface area (Å²) < 4.78 is 0. The van der Waals surface area contributed by atoms with E-state index in [4.69, 9.17) is 0 Å². The molecule has 4 rings (SSSR count). The summed E-state index contributed by atoms with van der Waals surface area (Å²) in [6, 6.07) is 8.31. The van der Waals surface area contributed by atoms with Crippen LogP contribution in [-0.4, -0.2) is 30.4 Å². The summed E-state index contributed by atoms with van der Waals surface area (Å²) in [6.45, 7) is 2.87. The summed E-state index contributed by atoms with van der Waals surface area (Å²) in [5.74, 6) is 1.85. The van der Waals surface area contributed by atoms with E-state index in [0.717, 1.165) is 37.9 Å². The van der Waals surface area contributed by atoms with Crippen LogP contribution in [0.25, 0.3) is 0 Å². The van der Waals surface area contributed by atoms with Crippen LogP contribution >= 0.6 is 0 Å². The number of carbonyl (C=O) groups excluding carboxylic acids is 1. The first-order valence-corrected chi connectivity index (χ1v) is 8.41. The van der Waals surface area contributed by atoms with Gasteiger partial charge in [-0.3, -0.25) is 4.79 Å². The molecular weight excluding hydrogens is 260 g/mol. The molecule has 3 aliphatic rings. The fraction of sp³-hybridized carbons (Fsp3) is 0.611. The van der Waals surface area contributed by atoms with Crippen LogP contribution in [0.2, 0.25) is 0 Å². The van der Waals surface area contributed by atoms with E-state index in [2.05, 4.69) is 34.5 Å². The third-order valence-corrected chi connectivity index (χ3v) is 5.02. The molecule has 2 aliphatic carbocycles. The van der Waals surface area contributed by atoms with Crippen LogP contribution in [0.15, 0.2) is 24.3 Å². The van der Waals surface area contributed by atoms with E-state index < -0.39 is 0 Å². The van der Waals surface area contributed by atoms with Crippen molar-refractivity contribution < 1.29 is 4.79 Å². The molecule has 1 aromatic carbocycles. The highest BCUT2D eigenvalue weighted by molar-refractivity contribution is 5.84. The van der Waals surface area contributed by atoms with E-state index >= 15 is 0 Å². The van der Waals surface area contributed by atoms with Gasteiger partial charge in [0, 0.05) is 19.6 Å². The first-order chi connectivity index (χ1) is 10.3. The Morgan fingerprint density at radius 2 is 1.76 bits per heavy atom. The van der Waals surface area contributed by atoms with E-state index in [0.29, 0.717) is 5.91 Å².